The molecule has 2 heteroatoms. The van der Waals surface area contributed by atoms with Crippen molar-refractivity contribution in [3.8, 4) is 23.7 Å². The van der Waals surface area contributed by atoms with Crippen molar-refractivity contribution >= 4 is 5.97 Å². The van der Waals surface area contributed by atoms with Crippen LogP contribution in [0.5, 0.6) is 0 Å². The molecule has 0 rings (SSSR count). The molecule has 0 unspecified atom stereocenters. The van der Waals surface area contributed by atoms with Crippen LogP contribution < -0.4 is 0 Å². The lowest BCUT2D eigenvalue weighted by molar-refractivity contribution is -0.140. The molecule has 0 aliphatic rings. The van der Waals surface area contributed by atoms with Gasteiger partial charge in [0.1, 0.15) is 0 Å². The Balaban J connectivity index is 3.51. The first kappa shape index (κ1) is 21.1. The third-order valence-corrected chi connectivity index (χ3v) is 3.14. The van der Waals surface area contributed by atoms with Crippen molar-refractivity contribution in [2.24, 2.45) is 0 Å². The van der Waals surface area contributed by atoms with E-state index in [2.05, 4.69) is 59.6 Å². The second-order valence-corrected chi connectivity index (χ2v) is 5.19. The summed E-state index contributed by atoms with van der Waals surface area (Å²) in [6.45, 7) is 2.23. The predicted octanol–water partition coefficient (Wildman–Crippen LogP) is 5.20. The molecule has 0 aliphatic carbocycles. The molecule has 23 heavy (non-hydrogen) atoms. The van der Waals surface area contributed by atoms with E-state index in [0.29, 0.717) is 12.8 Å². The first-order valence-electron chi connectivity index (χ1n) is 8.59. The summed E-state index contributed by atoms with van der Waals surface area (Å²) >= 11 is 0. The van der Waals surface area contributed by atoms with E-state index in [1.165, 1.54) is 32.8 Å². The zero-order valence-corrected chi connectivity index (χ0v) is 14.7. The minimum Gasteiger partial charge on any atom is -0.469 e. The van der Waals surface area contributed by atoms with Crippen molar-refractivity contribution in [3.63, 3.8) is 0 Å². The van der Waals surface area contributed by atoms with Gasteiger partial charge in [0, 0.05) is 19.3 Å². The zero-order chi connectivity index (χ0) is 17.0. The first-order chi connectivity index (χ1) is 11.3. The molecule has 0 N–H and O–H groups in total. The first-order valence-corrected chi connectivity index (χ1v) is 8.59. The molecule has 0 fully saturated rings. The fourth-order valence-corrected chi connectivity index (χ4v) is 1.80. The van der Waals surface area contributed by atoms with Gasteiger partial charge in [0.15, 0.2) is 0 Å². The molecule has 0 heterocycles. The van der Waals surface area contributed by atoms with Crippen molar-refractivity contribution in [3.05, 3.63) is 24.3 Å². The van der Waals surface area contributed by atoms with Crippen LogP contribution in [0, 0.1) is 23.7 Å². The molecule has 0 aromatic heterocycles. The number of allylic oxidation sites excluding steroid dienone is 4. The van der Waals surface area contributed by atoms with Gasteiger partial charge in [-0.1, -0.05) is 61.8 Å². The highest BCUT2D eigenvalue weighted by Gasteiger charge is 1.96. The number of esters is 1. The summed E-state index contributed by atoms with van der Waals surface area (Å²) in [6.07, 6.45) is 18.1. The van der Waals surface area contributed by atoms with Gasteiger partial charge in [0.2, 0.25) is 0 Å². The van der Waals surface area contributed by atoms with E-state index in [0.717, 1.165) is 25.7 Å². The highest BCUT2D eigenvalue weighted by atomic mass is 16.5. The quantitative estimate of drug-likeness (QED) is 0.240. The van der Waals surface area contributed by atoms with Crippen LogP contribution in [-0.4, -0.2) is 13.1 Å². The van der Waals surface area contributed by atoms with Crippen LogP contribution in [0.15, 0.2) is 24.3 Å². The summed E-state index contributed by atoms with van der Waals surface area (Å²) in [7, 11) is 1.40. The van der Waals surface area contributed by atoms with E-state index in [1.54, 1.807) is 0 Å². The Kier molecular flexibility index (Phi) is 16.6. The molecule has 2 nitrogen and oxygen atoms in total. The van der Waals surface area contributed by atoms with Crippen LogP contribution in [0.4, 0.5) is 0 Å². The molecule has 0 amide bonds. The van der Waals surface area contributed by atoms with E-state index in [9.17, 15) is 4.79 Å². The van der Waals surface area contributed by atoms with E-state index in [1.807, 2.05) is 0 Å². The molecule has 126 valence electrons. The number of carbonyl (C=O) groups is 1. The fraction of sp³-hybridized carbons (Fsp3) is 0.571. The third kappa shape index (κ3) is 18.0. The number of methoxy groups -OCH3 is 1. The Morgan fingerprint density at radius 2 is 1.74 bits per heavy atom. The van der Waals surface area contributed by atoms with Gasteiger partial charge in [-0.05, 0) is 25.7 Å². The maximum atomic E-state index is 10.9. The average molecular weight is 314 g/mol. The molecule has 0 aromatic carbocycles. The summed E-state index contributed by atoms with van der Waals surface area (Å²) < 4.78 is 4.56. The normalized spacial score (nSPS) is 10.2. The van der Waals surface area contributed by atoms with Gasteiger partial charge in [-0.2, -0.15) is 0 Å². The van der Waals surface area contributed by atoms with E-state index < -0.39 is 0 Å². The van der Waals surface area contributed by atoms with Crippen LogP contribution in [0.2, 0.25) is 0 Å². The van der Waals surface area contributed by atoms with Crippen molar-refractivity contribution in [2.45, 2.75) is 71.1 Å². The van der Waals surface area contributed by atoms with Crippen LogP contribution >= 0.6 is 0 Å². The number of unbranched alkanes of at least 4 members (excludes halogenated alkanes) is 4. The van der Waals surface area contributed by atoms with Crippen molar-refractivity contribution in [2.75, 3.05) is 7.11 Å². The van der Waals surface area contributed by atoms with Gasteiger partial charge >= 0.3 is 5.97 Å². The zero-order valence-electron chi connectivity index (χ0n) is 14.7. The summed E-state index contributed by atoms with van der Waals surface area (Å²) in [4.78, 5) is 10.9. The number of hydrogen-bond donors (Lipinski definition) is 0. The lowest BCUT2D eigenvalue weighted by atomic mass is 10.2. The second kappa shape index (κ2) is 18.1. The molecule has 0 saturated carbocycles. The van der Waals surface area contributed by atoms with E-state index in [-0.39, 0.29) is 5.97 Å². The molecule has 0 saturated heterocycles. The highest BCUT2D eigenvalue weighted by molar-refractivity contribution is 5.69. The summed E-state index contributed by atoms with van der Waals surface area (Å²) in [5.74, 6) is 12.0. The Hall–Kier alpha value is -1.93. The van der Waals surface area contributed by atoms with Gasteiger partial charge in [-0.25, -0.2) is 0 Å². The molecule has 0 spiro atoms. The monoisotopic (exact) mass is 314 g/mol. The van der Waals surface area contributed by atoms with Crippen molar-refractivity contribution < 1.29 is 9.53 Å². The lowest BCUT2D eigenvalue weighted by Crippen LogP contribution is -1.98. The highest BCUT2D eigenvalue weighted by Crippen LogP contribution is 2.00. The molecule has 0 atom stereocenters. The van der Waals surface area contributed by atoms with Gasteiger partial charge in [-0.15, -0.1) is 5.92 Å². The molecule has 0 radical (unpaired) electrons. The molecule has 0 bridgehead atoms. The number of rotatable bonds is 10. The molecular formula is C21H30O2. The number of ether oxygens (including phenoxy) is 1. The largest absolute Gasteiger partial charge is 0.469 e. The Labute approximate surface area is 142 Å². The van der Waals surface area contributed by atoms with Crippen LogP contribution in [0.1, 0.15) is 71.1 Å². The van der Waals surface area contributed by atoms with Crippen LogP contribution in [0.25, 0.3) is 0 Å². The summed E-state index contributed by atoms with van der Waals surface area (Å²) in [6, 6.07) is 0. The maximum absolute atomic E-state index is 10.9. The van der Waals surface area contributed by atoms with Crippen LogP contribution in [0.3, 0.4) is 0 Å². The Morgan fingerprint density at radius 3 is 2.52 bits per heavy atom. The van der Waals surface area contributed by atoms with Crippen LogP contribution in [-0.2, 0) is 9.53 Å². The molecule has 0 aliphatic heterocycles. The summed E-state index contributed by atoms with van der Waals surface area (Å²) in [5, 5.41) is 0. The van der Waals surface area contributed by atoms with E-state index >= 15 is 0 Å². The van der Waals surface area contributed by atoms with Gasteiger partial charge in [-0.3, -0.25) is 4.79 Å². The smallest absolute Gasteiger partial charge is 0.305 e. The topological polar surface area (TPSA) is 26.3 Å². The Morgan fingerprint density at radius 1 is 0.957 bits per heavy atom. The van der Waals surface area contributed by atoms with Gasteiger partial charge < -0.3 is 4.74 Å². The minimum atomic E-state index is -0.172. The lowest BCUT2D eigenvalue weighted by Gasteiger charge is -1.93. The summed E-state index contributed by atoms with van der Waals surface area (Å²) in [5.41, 5.74) is 0. The molecular weight excluding hydrogens is 284 g/mol. The van der Waals surface area contributed by atoms with E-state index in [4.69, 9.17) is 0 Å². The van der Waals surface area contributed by atoms with Crippen molar-refractivity contribution in [1.82, 2.24) is 0 Å². The van der Waals surface area contributed by atoms with Gasteiger partial charge in [0.05, 0.1) is 13.5 Å². The number of carbonyl (C=O) groups excluding carboxylic acids is 1. The second-order valence-electron chi connectivity index (χ2n) is 5.19. The minimum absolute atomic E-state index is 0.172. The third-order valence-electron chi connectivity index (χ3n) is 3.14. The SMILES string of the molecule is CCCCCC=CCC=CCC#CCC#CCCCC(=O)OC. The van der Waals surface area contributed by atoms with Gasteiger partial charge in [0.25, 0.3) is 0 Å². The predicted molar refractivity (Wildman–Crippen MR) is 97.7 cm³/mol. The molecule has 0 aromatic rings. The standard InChI is InChI=1S/C21H30O2/c1-3-4-5-6-7-8-9-10-11-12-13-14-15-16-17-18-19-20-21(22)23-2/h7-8,10-11H,3-6,9,12,15,18-20H2,1-2H3. The fourth-order valence-electron chi connectivity index (χ4n) is 1.80. The average Bonchev–Trinajstić information content (AvgIpc) is 2.57. The Bertz CT molecular complexity index is 464. The maximum Gasteiger partial charge on any atom is 0.305 e. The number of hydrogen-bond acceptors (Lipinski definition) is 2. The van der Waals surface area contributed by atoms with Crippen molar-refractivity contribution in [1.29, 1.82) is 0 Å².